The van der Waals surface area contributed by atoms with Crippen LogP contribution in [0, 0.1) is 11.3 Å². The average Bonchev–Trinajstić information content (AvgIpc) is 3.24. The Hall–Kier alpha value is -2.03. The summed E-state index contributed by atoms with van der Waals surface area (Å²) in [5.74, 6) is 0.562. The number of aryl methyl sites for hydroxylation is 1. The van der Waals surface area contributed by atoms with E-state index in [4.69, 9.17) is 11.6 Å². The Kier molecular flexibility index (Phi) is 10.5. The van der Waals surface area contributed by atoms with Crippen LogP contribution in [-0.2, 0) is 11.3 Å². The number of hydrogen-bond donors (Lipinski definition) is 2. The van der Waals surface area contributed by atoms with Gasteiger partial charge in [0.25, 0.3) is 0 Å². The number of carbonyl (C=O) groups is 2. The second-order valence-corrected chi connectivity index (χ2v) is 10.9. The van der Waals surface area contributed by atoms with E-state index in [1.165, 1.54) is 0 Å². The van der Waals surface area contributed by atoms with Gasteiger partial charge in [-0.3, -0.25) is 9.79 Å². The smallest absolute Gasteiger partial charge is 0.319 e. The number of nitrogens with one attached hydrogen (secondary N) is 2. The molecule has 0 spiro atoms. The predicted molar refractivity (Wildman–Crippen MR) is 142 cm³/mol. The van der Waals surface area contributed by atoms with E-state index in [0.717, 1.165) is 43.7 Å². The van der Waals surface area contributed by atoms with Gasteiger partial charge in [-0.1, -0.05) is 32.4 Å². The molecule has 2 N–H and O–H groups in total. The zero-order chi connectivity index (χ0) is 24.0. The SMILES string of the molecule is C/N=c1\sccn1CCC1CCN(C(=O)[C@H](NC(=O)Nc2ccc(Cl)cc2)C(C)(C)C)CC1.Cl. The number of nitrogens with zero attached hydrogens (tertiary/aromatic N) is 3. The molecule has 1 aromatic heterocycles. The summed E-state index contributed by atoms with van der Waals surface area (Å²) in [6.45, 7) is 8.30. The quantitative estimate of drug-likeness (QED) is 0.552. The number of halogens is 2. The first-order valence-corrected chi connectivity index (χ1v) is 12.6. The molecule has 1 aliphatic rings. The van der Waals surface area contributed by atoms with E-state index in [1.807, 2.05) is 32.7 Å². The number of hydrogen-bond acceptors (Lipinski definition) is 4. The van der Waals surface area contributed by atoms with Crippen LogP contribution in [0.25, 0.3) is 0 Å². The lowest BCUT2D eigenvalue weighted by atomic mass is 9.85. The Balaban J connectivity index is 0.00000408. The van der Waals surface area contributed by atoms with Crippen LogP contribution in [0.2, 0.25) is 5.02 Å². The van der Waals surface area contributed by atoms with Gasteiger partial charge in [0.05, 0.1) is 0 Å². The molecule has 7 nitrogen and oxygen atoms in total. The van der Waals surface area contributed by atoms with Crippen LogP contribution in [0.5, 0.6) is 0 Å². The van der Waals surface area contributed by atoms with Gasteiger partial charge in [0.1, 0.15) is 6.04 Å². The molecule has 1 aromatic carbocycles. The third-order valence-corrected chi connectivity index (χ3v) is 7.18. The molecular weight excluding hydrogens is 493 g/mol. The number of aromatic nitrogens is 1. The van der Waals surface area contributed by atoms with Crippen molar-refractivity contribution < 1.29 is 9.59 Å². The lowest BCUT2D eigenvalue weighted by molar-refractivity contribution is -0.137. The zero-order valence-corrected chi connectivity index (χ0v) is 22.6. The molecule has 0 aliphatic carbocycles. The van der Waals surface area contributed by atoms with Crippen LogP contribution in [-0.4, -0.2) is 47.6 Å². The Labute approximate surface area is 217 Å². The summed E-state index contributed by atoms with van der Waals surface area (Å²) < 4.78 is 2.20. The molecule has 1 atom stereocenters. The van der Waals surface area contributed by atoms with E-state index >= 15 is 0 Å². The van der Waals surface area contributed by atoms with Crippen LogP contribution in [0.1, 0.15) is 40.0 Å². The average molecular weight is 529 g/mol. The van der Waals surface area contributed by atoms with Gasteiger partial charge < -0.3 is 20.1 Å². The molecule has 1 fully saturated rings. The molecule has 0 bridgehead atoms. The van der Waals surface area contributed by atoms with Gasteiger partial charge in [-0.25, -0.2) is 4.79 Å². The van der Waals surface area contributed by atoms with Crippen LogP contribution in [0.4, 0.5) is 10.5 Å². The van der Waals surface area contributed by atoms with Gasteiger partial charge >= 0.3 is 6.03 Å². The van der Waals surface area contributed by atoms with Crippen molar-refractivity contribution in [3.8, 4) is 0 Å². The highest BCUT2D eigenvalue weighted by molar-refractivity contribution is 7.07. The fourth-order valence-corrected chi connectivity index (χ4v) is 4.92. The molecule has 3 amide bonds. The van der Waals surface area contributed by atoms with Gasteiger partial charge in [-0.2, -0.15) is 0 Å². The first kappa shape index (κ1) is 28.2. The van der Waals surface area contributed by atoms with Crippen LogP contribution in [0.3, 0.4) is 0 Å². The predicted octanol–water partition coefficient (Wildman–Crippen LogP) is 5.02. The topological polar surface area (TPSA) is 78.7 Å². The summed E-state index contributed by atoms with van der Waals surface area (Å²) in [6, 6.07) is 5.87. The monoisotopic (exact) mass is 527 g/mol. The normalized spacial score (nSPS) is 16.0. The summed E-state index contributed by atoms with van der Waals surface area (Å²) in [5, 5.41) is 8.35. The minimum atomic E-state index is -0.614. The third kappa shape index (κ3) is 7.75. The Morgan fingerprint density at radius 1 is 1.21 bits per heavy atom. The summed E-state index contributed by atoms with van der Waals surface area (Å²) in [5.41, 5.74) is 0.210. The first-order valence-electron chi connectivity index (χ1n) is 11.4. The van der Waals surface area contributed by atoms with Crippen molar-refractivity contribution in [2.75, 3.05) is 25.5 Å². The molecule has 34 heavy (non-hydrogen) atoms. The summed E-state index contributed by atoms with van der Waals surface area (Å²) in [7, 11) is 1.82. The van der Waals surface area contributed by atoms with Crippen molar-refractivity contribution in [2.24, 2.45) is 16.3 Å². The lowest BCUT2D eigenvalue weighted by Gasteiger charge is -2.38. The molecule has 0 saturated carbocycles. The summed E-state index contributed by atoms with van der Waals surface area (Å²) in [6.07, 6.45) is 5.11. The van der Waals surface area contributed by atoms with Gasteiger partial charge in [-0.05, 0) is 54.9 Å². The molecule has 3 rings (SSSR count). The molecular formula is C24H35Cl2N5O2S. The second kappa shape index (κ2) is 12.6. The molecule has 2 heterocycles. The molecule has 2 aromatic rings. The fraction of sp³-hybridized carbons (Fsp3) is 0.542. The van der Waals surface area contributed by atoms with Crippen molar-refractivity contribution in [2.45, 2.75) is 52.6 Å². The van der Waals surface area contributed by atoms with Gasteiger partial charge in [0.2, 0.25) is 5.91 Å². The Bertz CT molecular complexity index is 1010. The molecule has 1 saturated heterocycles. The Morgan fingerprint density at radius 3 is 2.44 bits per heavy atom. The standard InChI is InChI=1S/C24H34ClN5O2S.ClH/c1-24(2,3)20(28-22(32)27-19-7-5-18(25)6-8-19)21(31)29-12-9-17(10-13-29)11-14-30-15-16-33-23(30)26-4;/h5-8,15-17,20H,9-14H2,1-4H3,(H2,27,28,32);1H/b26-23-;/t20-;/m0./s1. The zero-order valence-electron chi connectivity index (χ0n) is 20.2. The van der Waals surface area contributed by atoms with Crippen molar-refractivity contribution in [1.29, 1.82) is 0 Å². The number of likely N-dealkylation sites (tertiary alicyclic amines) is 1. The third-order valence-electron chi connectivity index (χ3n) is 6.05. The van der Waals surface area contributed by atoms with Crippen LogP contribution < -0.4 is 15.4 Å². The van der Waals surface area contributed by atoms with Gasteiger partial charge in [-0.15, -0.1) is 23.7 Å². The van der Waals surface area contributed by atoms with Crippen molar-refractivity contribution >= 4 is 53.0 Å². The lowest BCUT2D eigenvalue weighted by Crippen LogP contribution is -2.56. The number of thiazole rings is 1. The maximum absolute atomic E-state index is 13.4. The van der Waals surface area contributed by atoms with Crippen LogP contribution in [0.15, 0.2) is 40.8 Å². The van der Waals surface area contributed by atoms with E-state index in [0.29, 0.717) is 16.6 Å². The van der Waals surface area contributed by atoms with Crippen molar-refractivity contribution in [3.05, 3.63) is 45.7 Å². The summed E-state index contributed by atoms with van der Waals surface area (Å²) >= 11 is 7.56. The maximum Gasteiger partial charge on any atom is 0.319 e. The molecule has 1 aliphatic heterocycles. The van der Waals surface area contributed by atoms with Crippen molar-refractivity contribution in [3.63, 3.8) is 0 Å². The van der Waals surface area contributed by atoms with Crippen LogP contribution >= 0.6 is 35.3 Å². The molecule has 188 valence electrons. The number of rotatable bonds is 6. The Morgan fingerprint density at radius 2 is 1.85 bits per heavy atom. The molecule has 0 radical (unpaired) electrons. The number of benzene rings is 1. The van der Waals surface area contributed by atoms with Crippen molar-refractivity contribution in [1.82, 2.24) is 14.8 Å². The highest BCUT2D eigenvalue weighted by Gasteiger charge is 2.37. The minimum Gasteiger partial charge on any atom is -0.341 e. The highest BCUT2D eigenvalue weighted by Crippen LogP contribution is 2.26. The molecule has 10 heteroatoms. The summed E-state index contributed by atoms with van der Waals surface area (Å²) in [4.78, 5) is 33.2. The van der Waals surface area contributed by atoms with E-state index < -0.39 is 17.5 Å². The van der Waals surface area contributed by atoms with Gasteiger partial charge in [0, 0.05) is 49.0 Å². The highest BCUT2D eigenvalue weighted by atomic mass is 35.5. The fourth-order valence-electron chi connectivity index (χ4n) is 4.07. The van der Waals surface area contributed by atoms with Gasteiger partial charge in [0.15, 0.2) is 4.80 Å². The number of piperidine rings is 1. The minimum absolute atomic E-state index is 0. The van der Waals surface area contributed by atoms with E-state index in [1.54, 1.807) is 35.6 Å². The maximum atomic E-state index is 13.4. The van der Waals surface area contributed by atoms with E-state index in [9.17, 15) is 9.59 Å². The number of urea groups is 1. The second-order valence-electron chi connectivity index (χ2n) is 9.56. The largest absolute Gasteiger partial charge is 0.341 e. The number of anilines is 1. The van der Waals surface area contributed by atoms with E-state index in [2.05, 4.69) is 31.8 Å². The number of carbonyl (C=O) groups excluding carboxylic acids is 2. The molecule has 0 unspecified atom stereocenters. The van der Waals surface area contributed by atoms with E-state index in [-0.39, 0.29) is 18.3 Å². The number of amides is 3. The first-order chi connectivity index (χ1) is 15.7.